The lowest BCUT2D eigenvalue weighted by molar-refractivity contribution is -0.138. The number of allylic oxidation sites excluding steroid dienone is 1. The number of hydrogen-bond acceptors (Lipinski definition) is 3. The average Bonchev–Trinajstić information content (AvgIpc) is 2.78. The standard InChI is InChI=1S/C27H27FO4/c1-4-6-7-20-14-22(12-13-23(20)17(3)27(30)31)32-26-16-25(29)24(15-18(26)5-2)19-8-10-21(28)11-9-19/h6-17,29H,4-5H2,1-3H3,(H,30,31). The first kappa shape index (κ1) is 23.1. The predicted octanol–water partition coefficient (Wildman–Crippen LogP) is 7.16. The zero-order valence-electron chi connectivity index (χ0n) is 18.4. The van der Waals surface area contributed by atoms with Gasteiger partial charge >= 0.3 is 5.97 Å². The number of ether oxygens (including phenoxy) is 1. The first-order valence-corrected chi connectivity index (χ1v) is 10.7. The predicted molar refractivity (Wildman–Crippen MR) is 125 cm³/mol. The van der Waals surface area contributed by atoms with E-state index in [1.807, 2.05) is 38.1 Å². The number of hydrogen-bond donors (Lipinski definition) is 2. The summed E-state index contributed by atoms with van der Waals surface area (Å²) < 4.78 is 19.4. The first-order valence-electron chi connectivity index (χ1n) is 10.7. The molecule has 166 valence electrons. The smallest absolute Gasteiger partial charge is 0.310 e. The molecule has 0 spiro atoms. The lowest BCUT2D eigenvalue weighted by Crippen LogP contribution is -2.09. The number of rotatable bonds is 8. The summed E-state index contributed by atoms with van der Waals surface area (Å²) in [6.07, 6.45) is 5.36. The molecule has 0 bridgehead atoms. The molecule has 0 heterocycles. The minimum atomic E-state index is -0.889. The van der Waals surface area contributed by atoms with Crippen molar-refractivity contribution in [2.45, 2.75) is 39.5 Å². The summed E-state index contributed by atoms with van der Waals surface area (Å²) in [6.45, 7) is 5.65. The Bertz CT molecular complexity index is 1130. The second-order valence-electron chi connectivity index (χ2n) is 7.60. The van der Waals surface area contributed by atoms with Gasteiger partial charge in [0.2, 0.25) is 0 Å². The third kappa shape index (κ3) is 5.17. The van der Waals surface area contributed by atoms with Crippen LogP contribution in [0.15, 0.2) is 60.7 Å². The molecule has 0 saturated carbocycles. The molecule has 4 nitrogen and oxygen atoms in total. The van der Waals surface area contributed by atoms with E-state index in [4.69, 9.17) is 4.74 Å². The summed E-state index contributed by atoms with van der Waals surface area (Å²) in [7, 11) is 0. The van der Waals surface area contributed by atoms with E-state index in [0.717, 1.165) is 17.5 Å². The van der Waals surface area contributed by atoms with E-state index in [1.165, 1.54) is 12.1 Å². The number of aryl methyl sites for hydroxylation is 1. The van der Waals surface area contributed by atoms with Gasteiger partial charge in [-0.1, -0.05) is 44.2 Å². The fourth-order valence-corrected chi connectivity index (χ4v) is 3.51. The lowest BCUT2D eigenvalue weighted by Gasteiger charge is -2.16. The van der Waals surface area contributed by atoms with Gasteiger partial charge in [-0.3, -0.25) is 4.79 Å². The van der Waals surface area contributed by atoms with Gasteiger partial charge in [0.1, 0.15) is 23.1 Å². The Morgan fingerprint density at radius 3 is 2.44 bits per heavy atom. The number of benzene rings is 3. The highest BCUT2D eigenvalue weighted by atomic mass is 19.1. The van der Waals surface area contributed by atoms with Crippen molar-refractivity contribution in [1.82, 2.24) is 0 Å². The van der Waals surface area contributed by atoms with Crippen LogP contribution in [-0.4, -0.2) is 16.2 Å². The topological polar surface area (TPSA) is 66.8 Å². The highest BCUT2D eigenvalue weighted by Crippen LogP contribution is 2.38. The van der Waals surface area contributed by atoms with E-state index < -0.39 is 11.9 Å². The third-order valence-electron chi connectivity index (χ3n) is 5.37. The zero-order valence-corrected chi connectivity index (χ0v) is 18.4. The van der Waals surface area contributed by atoms with Crippen molar-refractivity contribution in [3.05, 3.63) is 83.2 Å². The van der Waals surface area contributed by atoms with Gasteiger partial charge in [0, 0.05) is 11.6 Å². The molecule has 0 radical (unpaired) electrons. The van der Waals surface area contributed by atoms with E-state index in [2.05, 4.69) is 0 Å². The maximum Gasteiger partial charge on any atom is 0.310 e. The van der Waals surface area contributed by atoms with E-state index in [9.17, 15) is 19.4 Å². The number of phenolic OH excluding ortho intramolecular Hbond substituents is 1. The van der Waals surface area contributed by atoms with Gasteiger partial charge < -0.3 is 14.9 Å². The zero-order chi connectivity index (χ0) is 23.3. The van der Waals surface area contributed by atoms with Crippen LogP contribution in [0.2, 0.25) is 0 Å². The number of phenols is 1. The van der Waals surface area contributed by atoms with Gasteiger partial charge in [-0.2, -0.15) is 0 Å². The monoisotopic (exact) mass is 434 g/mol. The van der Waals surface area contributed by atoms with E-state index in [1.54, 1.807) is 37.3 Å². The molecular weight excluding hydrogens is 407 g/mol. The van der Waals surface area contributed by atoms with Gasteiger partial charge in [-0.05, 0) is 72.4 Å². The number of aromatic hydroxyl groups is 1. The van der Waals surface area contributed by atoms with Gasteiger partial charge in [0.25, 0.3) is 0 Å². The Hall–Kier alpha value is -3.60. The van der Waals surface area contributed by atoms with Gasteiger partial charge in [0.15, 0.2) is 0 Å². The SMILES string of the molecule is CCC=Cc1cc(Oc2cc(O)c(-c3ccc(F)cc3)cc2CC)ccc1C(C)C(=O)O. The molecule has 3 aromatic rings. The molecule has 32 heavy (non-hydrogen) atoms. The molecule has 5 heteroatoms. The number of aliphatic carboxylic acids is 1. The van der Waals surface area contributed by atoms with Crippen LogP contribution in [0.3, 0.4) is 0 Å². The van der Waals surface area contributed by atoms with Crippen molar-refractivity contribution in [3.8, 4) is 28.4 Å². The number of carboxylic acid groups (broad SMARTS) is 1. The maximum atomic E-state index is 13.3. The normalized spacial score (nSPS) is 12.1. The van der Waals surface area contributed by atoms with Crippen molar-refractivity contribution in [3.63, 3.8) is 0 Å². The highest BCUT2D eigenvalue weighted by Gasteiger charge is 2.18. The van der Waals surface area contributed by atoms with Crippen LogP contribution >= 0.6 is 0 Å². The molecule has 1 unspecified atom stereocenters. The maximum absolute atomic E-state index is 13.3. The number of carbonyl (C=O) groups is 1. The van der Waals surface area contributed by atoms with Crippen molar-refractivity contribution in [1.29, 1.82) is 0 Å². The molecule has 0 saturated heterocycles. The van der Waals surface area contributed by atoms with E-state index in [0.29, 0.717) is 34.6 Å². The quantitative estimate of drug-likeness (QED) is 0.395. The molecule has 0 aliphatic rings. The molecule has 0 aromatic heterocycles. The van der Waals surface area contributed by atoms with Gasteiger partial charge in [0.05, 0.1) is 5.92 Å². The largest absolute Gasteiger partial charge is 0.507 e. The number of halogens is 1. The van der Waals surface area contributed by atoms with E-state index in [-0.39, 0.29) is 11.6 Å². The van der Waals surface area contributed by atoms with E-state index >= 15 is 0 Å². The lowest BCUT2D eigenvalue weighted by atomic mass is 9.95. The van der Waals surface area contributed by atoms with Crippen LogP contribution in [0.5, 0.6) is 17.2 Å². The van der Waals surface area contributed by atoms with Crippen molar-refractivity contribution in [2.75, 3.05) is 0 Å². The minimum Gasteiger partial charge on any atom is -0.507 e. The molecule has 0 aliphatic carbocycles. The van der Waals surface area contributed by atoms with Crippen LogP contribution in [0.25, 0.3) is 17.2 Å². The molecule has 2 N–H and O–H groups in total. The summed E-state index contributed by atoms with van der Waals surface area (Å²) in [5.41, 5.74) is 3.69. The van der Waals surface area contributed by atoms with Crippen LogP contribution in [-0.2, 0) is 11.2 Å². The molecule has 1 atom stereocenters. The summed E-state index contributed by atoms with van der Waals surface area (Å²) >= 11 is 0. The molecule has 0 aliphatic heterocycles. The summed E-state index contributed by atoms with van der Waals surface area (Å²) in [6, 6.07) is 14.7. The highest BCUT2D eigenvalue weighted by molar-refractivity contribution is 5.78. The molecule has 0 amide bonds. The Balaban J connectivity index is 1.98. The van der Waals surface area contributed by atoms with Crippen molar-refractivity contribution < 1.29 is 24.1 Å². The number of carboxylic acids is 1. The first-order chi connectivity index (χ1) is 15.3. The van der Waals surface area contributed by atoms with Gasteiger partial charge in [-0.25, -0.2) is 4.39 Å². The third-order valence-corrected chi connectivity index (χ3v) is 5.37. The van der Waals surface area contributed by atoms with Crippen molar-refractivity contribution >= 4 is 12.0 Å². The second kappa shape index (κ2) is 10.1. The Kier molecular flexibility index (Phi) is 7.31. The summed E-state index contributed by atoms with van der Waals surface area (Å²) in [4.78, 5) is 11.5. The Morgan fingerprint density at radius 2 is 1.81 bits per heavy atom. The Labute approximate surface area is 187 Å². The average molecular weight is 435 g/mol. The van der Waals surface area contributed by atoms with Crippen LogP contribution in [0.4, 0.5) is 4.39 Å². The van der Waals surface area contributed by atoms with Crippen LogP contribution < -0.4 is 4.74 Å². The molecule has 3 aromatic carbocycles. The summed E-state index contributed by atoms with van der Waals surface area (Å²) in [5.74, 6) is -0.778. The second-order valence-corrected chi connectivity index (χ2v) is 7.60. The Morgan fingerprint density at radius 1 is 1.09 bits per heavy atom. The van der Waals surface area contributed by atoms with Crippen LogP contribution in [0, 0.1) is 5.82 Å². The van der Waals surface area contributed by atoms with Crippen molar-refractivity contribution in [2.24, 2.45) is 0 Å². The molecular formula is C27H27FO4. The van der Waals surface area contributed by atoms with Gasteiger partial charge in [-0.15, -0.1) is 0 Å². The minimum absolute atomic E-state index is 0.0334. The summed E-state index contributed by atoms with van der Waals surface area (Å²) in [5, 5.41) is 20.0. The fourth-order valence-electron chi connectivity index (χ4n) is 3.51. The molecule has 0 fully saturated rings. The molecule has 3 rings (SSSR count). The van der Waals surface area contributed by atoms with Crippen LogP contribution in [0.1, 0.15) is 49.8 Å². The fraction of sp³-hybridized carbons (Fsp3) is 0.222.